The van der Waals surface area contributed by atoms with Crippen LogP contribution in [0.25, 0.3) is 95.0 Å². The van der Waals surface area contributed by atoms with Crippen LogP contribution in [0.5, 0.6) is 5.75 Å². The number of hydrogen-bond acceptors (Lipinski definition) is 3. The Kier molecular flexibility index (Phi) is 12.3. The van der Waals surface area contributed by atoms with Crippen molar-refractivity contribution in [2.45, 2.75) is 52.4 Å². The molecule has 2 heterocycles. The number of nitrogens with zero attached hydrogens (tertiary/aromatic N) is 3. The van der Waals surface area contributed by atoms with Crippen molar-refractivity contribution in [2.24, 2.45) is 0 Å². The Bertz CT molecular complexity index is 3380. The number of aromatic hydroxyl groups is 1. The van der Waals surface area contributed by atoms with E-state index in [0.717, 1.165) is 83.6 Å². The Morgan fingerprint density at radius 2 is 0.985 bits per heavy atom. The zero-order chi connectivity index (χ0) is 45.6. The van der Waals surface area contributed by atoms with E-state index >= 15 is 0 Å². The minimum atomic E-state index is -0.159. The molecule has 0 saturated carbocycles. The van der Waals surface area contributed by atoms with Crippen molar-refractivity contribution in [3.63, 3.8) is 0 Å². The molecule has 8 aromatic carbocycles. The smallest absolute Gasteiger partial charge is 0.148 e. The quantitative estimate of drug-likeness (QED) is 0.154. The van der Waals surface area contributed by atoms with Gasteiger partial charge in [0.1, 0.15) is 11.6 Å². The summed E-state index contributed by atoms with van der Waals surface area (Å²) in [4.78, 5) is 10.6. The maximum absolute atomic E-state index is 11.8. The summed E-state index contributed by atoms with van der Waals surface area (Å²) in [6.07, 6.45) is 1.89. The molecule has 0 spiro atoms. The number of aromatic nitrogens is 3. The van der Waals surface area contributed by atoms with Crippen LogP contribution in [-0.2, 0) is 31.9 Å². The van der Waals surface area contributed by atoms with Gasteiger partial charge in [-0.2, -0.15) is 0 Å². The van der Waals surface area contributed by atoms with Crippen molar-refractivity contribution in [2.75, 3.05) is 0 Å². The molecule has 1 N–H and O–H groups in total. The van der Waals surface area contributed by atoms with Gasteiger partial charge >= 0.3 is 0 Å². The Morgan fingerprint density at radius 1 is 0.448 bits per heavy atom. The van der Waals surface area contributed by atoms with E-state index in [2.05, 4.69) is 222 Å². The Balaban J connectivity index is 0.00000562. The summed E-state index contributed by atoms with van der Waals surface area (Å²) in [5, 5.41) is 11.8. The zero-order valence-corrected chi connectivity index (χ0v) is 40.9. The minimum absolute atomic E-state index is 0. The summed E-state index contributed by atoms with van der Waals surface area (Å²) in [5.41, 5.74) is 17.9. The Hall–Kier alpha value is -7.13. The van der Waals surface area contributed by atoms with Crippen LogP contribution >= 0.6 is 0 Å². The minimum Gasteiger partial charge on any atom is -0.507 e. The normalized spacial score (nSPS) is 11.7. The monoisotopic (exact) mass is 1050 g/mol. The fraction of sp³-hybridized carbons (Fsp3) is 0.129. The van der Waals surface area contributed by atoms with Gasteiger partial charge in [-0.05, 0) is 97.8 Å². The molecular formula is C62H52N3OPt-. The molecule has 2 aromatic heterocycles. The molecule has 5 heteroatoms. The number of imidazole rings is 1. The van der Waals surface area contributed by atoms with Gasteiger partial charge in [0.25, 0.3) is 0 Å². The standard InChI is InChI=1S/C62H52N3O.Pt/c1-61(2,3)50-28-30-56(53(39-50)43-22-14-9-15-23-43)65-57-27-17-26-52(59(57)64-60(65)54-40-51(62(4,5)6)29-31-58(54)66)48-35-47(42-20-12-8-13-21-42)36-49(37-48)55-38-46(32-33-63-55)45-25-16-24-44(34-45)41-18-10-7-11-19-41;/h7-36,38-40,66H,1-6H3;/q-1;. The molecule has 0 amide bonds. The molecule has 0 aliphatic heterocycles. The van der Waals surface area contributed by atoms with Crippen molar-refractivity contribution in [3.8, 4) is 89.7 Å². The van der Waals surface area contributed by atoms with Gasteiger partial charge in [-0.15, -0.1) is 23.8 Å². The van der Waals surface area contributed by atoms with Crippen molar-refractivity contribution >= 4 is 11.0 Å². The fourth-order valence-electron chi connectivity index (χ4n) is 8.89. The summed E-state index contributed by atoms with van der Waals surface area (Å²) < 4.78 is 2.24. The number of fused-ring (bicyclic) bond motifs is 1. The second-order valence-corrected chi connectivity index (χ2v) is 19.2. The van der Waals surface area contributed by atoms with Crippen LogP contribution in [0.15, 0.2) is 200 Å². The van der Waals surface area contributed by atoms with Crippen molar-refractivity contribution in [3.05, 3.63) is 218 Å². The van der Waals surface area contributed by atoms with E-state index in [-0.39, 0.29) is 37.6 Å². The second kappa shape index (κ2) is 18.3. The van der Waals surface area contributed by atoms with E-state index in [9.17, 15) is 5.11 Å². The molecule has 332 valence electrons. The summed E-state index contributed by atoms with van der Waals surface area (Å²) in [6.45, 7) is 13.3. The third kappa shape index (κ3) is 9.07. The Morgan fingerprint density at radius 3 is 1.64 bits per heavy atom. The van der Waals surface area contributed by atoms with Gasteiger partial charge in [0.15, 0.2) is 0 Å². The van der Waals surface area contributed by atoms with Crippen LogP contribution in [0.2, 0.25) is 0 Å². The van der Waals surface area contributed by atoms with Crippen LogP contribution in [0.3, 0.4) is 0 Å². The van der Waals surface area contributed by atoms with Gasteiger partial charge in [-0.1, -0.05) is 198 Å². The Labute approximate surface area is 409 Å². The van der Waals surface area contributed by atoms with Crippen LogP contribution in [0, 0.1) is 6.07 Å². The van der Waals surface area contributed by atoms with Gasteiger partial charge in [-0.3, -0.25) is 9.55 Å². The molecule has 0 bridgehead atoms. The summed E-state index contributed by atoms with van der Waals surface area (Å²) in [5.74, 6) is 0.835. The molecule has 67 heavy (non-hydrogen) atoms. The van der Waals surface area contributed by atoms with E-state index in [4.69, 9.17) is 9.97 Å². The molecule has 0 aliphatic rings. The van der Waals surface area contributed by atoms with E-state index in [0.29, 0.717) is 11.4 Å². The van der Waals surface area contributed by atoms with Crippen molar-refractivity contribution < 1.29 is 26.2 Å². The number of hydrogen-bond donors (Lipinski definition) is 1. The summed E-state index contributed by atoms with van der Waals surface area (Å²) in [7, 11) is 0. The number of phenolic OH excluding ortho intramolecular Hbond substituents is 1. The van der Waals surface area contributed by atoms with Crippen LogP contribution in [0.4, 0.5) is 0 Å². The summed E-state index contributed by atoms with van der Waals surface area (Å²) >= 11 is 0. The van der Waals surface area contributed by atoms with Gasteiger partial charge < -0.3 is 5.11 Å². The fourth-order valence-corrected chi connectivity index (χ4v) is 8.89. The van der Waals surface area contributed by atoms with Crippen LogP contribution in [0.1, 0.15) is 52.7 Å². The number of benzene rings is 8. The molecule has 10 aromatic rings. The molecule has 0 aliphatic carbocycles. The van der Waals surface area contributed by atoms with Gasteiger partial charge in [0.2, 0.25) is 0 Å². The topological polar surface area (TPSA) is 50.9 Å². The third-order valence-corrected chi connectivity index (χ3v) is 12.6. The number of para-hydroxylation sites is 1. The second-order valence-electron chi connectivity index (χ2n) is 19.2. The van der Waals surface area contributed by atoms with Crippen molar-refractivity contribution in [1.82, 2.24) is 14.5 Å². The predicted molar refractivity (Wildman–Crippen MR) is 275 cm³/mol. The predicted octanol–water partition coefficient (Wildman–Crippen LogP) is 16.2. The molecule has 0 unspecified atom stereocenters. The SMILES string of the molecule is CC(C)(C)c1ccc(O)c(-c2nc3c(-c4[c-]c(-c5cc(-c6cccc(-c7ccccc7)c6)ccn5)cc(-c5ccccc5)c4)cccc3n2-c2ccc(C(C)(C)C)cc2-c2ccccc2)c1.[Pt]. The van der Waals surface area contributed by atoms with E-state index < -0.39 is 0 Å². The number of pyridine rings is 1. The first kappa shape index (κ1) is 45.0. The average molecular weight is 1050 g/mol. The van der Waals surface area contributed by atoms with Gasteiger partial charge in [-0.25, -0.2) is 4.98 Å². The number of rotatable bonds is 8. The zero-order valence-electron chi connectivity index (χ0n) is 38.7. The van der Waals surface area contributed by atoms with Gasteiger partial charge in [0.05, 0.1) is 22.3 Å². The number of phenols is 1. The van der Waals surface area contributed by atoms with E-state index in [1.165, 1.54) is 11.1 Å². The van der Waals surface area contributed by atoms with Crippen LogP contribution in [-0.4, -0.2) is 19.6 Å². The maximum atomic E-state index is 11.8. The summed E-state index contributed by atoms with van der Waals surface area (Å²) in [6, 6.07) is 71.8. The van der Waals surface area contributed by atoms with E-state index in [1.54, 1.807) is 0 Å². The van der Waals surface area contributed by atoms with E-state index in [1.807, 2.05) is 30.5 Å². The molecular weight excluding hydrogens is 998 g/mol. The molecule has 0 saturated heterocycles. The molecule has 0 radical (unpaired) electrons. The largest absolute Gasteiger partial charge is 0.507 e. The first-order valence-corrected chi connectivity index (χ1v) is 22.7. The first-order valence-electron chi connectivity index (χ1n) is 22.7. The van der Waals surface area contributed by atoms with Gasteiger partial charge in [0, 0.05) is 38.5 Å². The molecule has 4 nitrogen and oxygen atoms in total. The molecule has 0 atom stereocenters. The average Bonchev–Trinajstić information content (AvgIpc) is 3.73. The first-order chi connectivity index (χ1) is 31.9. The molecule has 0 fully saturated rings. The maximum Gasteiger partial charge on any atom is 0.148 e. The molecule has 10 rings (SSSR count). The van der Waals surface area contributed by atoms with Crippen LogP contribution < -0.4 is 0 Å². The van der Waals surface area contributed by atoms with Crippen molar-refractivity contribution in [1.29, 1.82) is 0 Å². The third-order valence-electron chi connectivity index (χ3n) is 12.6.